The molecule has 1 rings (SSSR count). The van der Waals surface area contributed by atoms with Crippen LogP contribution in [0.3, 0.4) is 0 Å². The molecule has 0 spiro atoms. The summed E-state index contributed by atoms with van der Waals surface area (Å²) in [6.07, 6.45) is 7.14. The van der Waals surface area contributed by atoms with Crippen LogP contribution in [0.4, 0.5) is 4.79 Å². The first-order valence-electron chi connectivity index (χ1n) is 8.47. The number of hydrogen-bond acceptors (Lipinski definition) is 6. The van der Waals surface area contributed by atoms with Gasteiger partial charge in [-0.25, -0.2) is 14.4 Å². The maximum absolute atomic E-state index is 11.6. The Labute approximate surface area is 142 Å². The SMILES string of the molecule is CC(C)OC(=O)/C=C/C(=O)OCCCNC(=O)OC1CCCCC1. The Balaban J connectivity index is 2.04. The molecule has 0 heterocycles. The minimum absolute atomic E-state index is 0.0207. The summed E-state index contributed by atoms with van der Waals surface area (Å²) < 4.78 is 15.0. The predicted octanol–water partition coefficient (Wildman–Crippen LogP) is 2.49. The second-order valence-electron chi connectivity index (χ2n) is 5.93. The lowest BCUT2D eigenvalue weighted by molar-refractivity contribution is -0.142. The topological polar surface area (TPSA) is 90.9 Å². The summed E-state index contributed by atoms with van der Waals surface area (Å²) in [5, 5.41) is 2.63. The van der Waals surface area contributed by atoms with Crippen LogP contribution in [0.1, 0.15) is 52.4 Å². The Morgan fingerprint density at radius 2 is 1.75 bits per heavy atom. The van der Waals surface area contributed by atoms with Crippen LogP contribution in [-0.4, -0.2) is 43.4 Å². The number of amides is 1. The van der Waals surface area contributed by atoms with Gasteiger partial charge in [-0.05, 0) is 46.0 Å². The molecule has 0 aromatic rings. The summed E-state index contributed by atoms with van der Waals surface area (Å²) in [4.78, 5) is 34.1. The van der Waals surface area contributed by atoms with Crippen LogP contribution >= 0.6 is 0 Å². The lowest BCUT2D eigenvalue weighted by Gasteiger charge is -2.21. The Morgan fingerprint density at radius 3 is 2.42 bits per heavy atom. The third-order valence-electron chi connectivity index (χ3n) is 3.37. The average Bonchev–Trinajstić information content (AvgIpc) is 2.53. The van der Waals surface area contributed by atoms with Gasteiger partial charge in [0.05, 0.1) is 12.7 Å². The van der Waals surface area contributed by atoms with E-state index in [1.807, 2.05) is 0 Å². The summed E-state index contributed by atoms with van der Waals surface area (Å²) >= 11 is 0. The largest absolute Gasteiger partial charge is 0.462 e. The average molecular weight is 341 g/mol. The molecule has 0 atom stereocenters. The zero-order valence-electron chi connectivity index (χ0n) is 14.4. The van der Waals surface area contributed by atoms with Gasteiger partial charge in [0, 0.05) is 18.7 Å². The normalized spacial score (nSPS) is 15.3. The number of rotatable bonds is 8. The molecule has 7 nitrogen and oxygen atoms in total. The molecule has 0 saturated heterocycles. The number of ether oxygens (including phenoxy) is 3. The number of alkyl carbamates (subject to hydrolysis) is 1. The molecule has 0 radical (unpaired) electrons. The van der Waals surface area contributed by atoms with E-state index in [4.69, 9.17) is 14.2 Å². The Bertz CT molecular complexity index is 440. The minimum atomic E-state index is -0.625. The van der Waals surface area contributed by atoms with E-state index in [0.29, 0.717) is 13.0 Å². The zero-order chi connectivity index (χ0) is 17.8. The number of hydrogen-bond donors (Lipinski definition) is 1. The van der Waals surface area contributed by atoms with E-state index in [0.717, 1.165) is 37.8 Å². The van der Waals surface area contributed by atoms with Gasteiger partial charge in [-0.1, -0.05) is 6.42 Å². The van der Waals surface area contributed by atoms with E-state index >= 15 is 0 Å². The maximum atomic E-state index is 11.6. The van der Waals surface area contributed by atoms with Crippen LogP contribution in [0.15, 0.2) is 12.2 Å². The first-order chi connectivity index (χ1) is 11.5. The highest BCUT2D eigenvalue weighted by Crippen LogP contribution is 2.20. The van der Waals surface area contributed by atoms with Gasteiger partial charge in [0.15, 0.2) is 0 Å². The molecule has 0 aliphatic heterocycles. The minimum Gasteiger partial charge on any atom is -0.462 e. The van der Waals surface area contributed by atoms with Gasteiger partial charge in [-0.15, -0.1) is 0 Å². The van der Waals surface area contributed by atoms with Gasteiger partial charge in [0.25, 0.3) is 0 Å². The van der Waals surface area contributed by atoms with E-state index in [-0.39, 0.29) is 18.8 Å². The Kier molecular flexibility index (Phi) is 9.56. The van der Waals surface area contributed by atoms with Gasteiger partial charge in [-0.2, -0.15) is 0 Å². The fraction of sp³-hybridized carbons (Fsp3) is 0.706. The summed E-state index contributed by atoms with van der Waals surface area (Å²) in [7, 11) is 0. The van der Waals surface area contributed by atoms with Crippen LogP contribution in [0, 0.1) is 0 Å². The lowest BCUT2D eigenvalue weighted by atomic mass is 9.98. The Morgan fingerprint density at radius 1 is 1.08 bits per heavy atom. The van der Waals surface area contributed by atoms with Gasteiger partial charge in [0.2, 0.25) is 0 Å². The molecule has 0 bridgehead atoms. The molecule has 1 aliphatic carbocycles. The highest BCUT2D eigenvalue weighted by molar-refractivity contribution is 5.91. The standard InChI is InChI=1S/C17H27NO6/c1-13(2)23-16(20)10-9-15(19)22-12-6-11-18-17(21)24-14-7-4-3-5-8-14/h9-10,13-14H,3-8,11-12H2,1-2H3,(H,18,21)/b10-9+. The van der Waals surface area contributed by atoms with Crippen LogP contribution in [0.5, 0.6) is 0 Å². The first kappa shape index (κ1) is 20.0. The van der Waals surface area contributed by atoms with Crippen LogP contribution in [0.25, 0.3) is 0 Å². The molecule has 1 saturated carbocycles. The highest BCUT2D eigenvalue weighted by Gasteiger charge is 2.17. The molecule has 1 N–H and O–H groups in total. The van der Waals surface area contributed by atoms with E-state index in [1.54, 1.807) is 13.8 Å². The van der Waals surface area contributed by atoms with Crippen LogP contribution < -0.4 is 5.32 Å². The van der Waals surface area contributed by atoms with E-state index in [2.05, 4.69) is 5.32 Å². The predicted molar refractivity (Wildman–Crippen MR) is 87.3 cm³/mol. The van der Waals surface area contributed by atoms with Crippen LogP contribution in [-0.2, 0) is 23.8 Å². The summed E-state index contributed by atoms with van der Waals surface area (Å²) in [5.41, 5.74) is 0. The molecule has 7 heteroatoms. The first-order valence-corrected chi connectivity index (χ1v) is 8.47. The molecule has 1 aliphatic rings. The molecule has 24 heavy (non-hydrogen) atoms. The smallest absolute Gasteiger partial charge is 0.407 e. The lowest BCUT2D eigenvalue weighted by Crippen LogP contribution is -2.31. The maximum Gasteiger partial charge on any atom is 0.407 e. The second kappa shape index (κ2) is 11.5. The molecule has 1 fully saturated rings. The summed E-state index contributed by atoms with van der Waals surface area (Å²) in [6.45, 7) is 3.94. The molecular weight excluding hydrogens is 314 g/mol. The molecule has 0 aromatic heterocycles. The second-order valence-corrected chi connectivity index (χ2v) is 5.93. The van der Waals surface area contributed by atoms with Crippen molar-refractivity contribution < 1.29 is 28.6 Å². The fourth-order valence-corrected chi connectivity index (χ4v) is 2.27. The van der Waals surface area contributed by atoms with Gasteiger partial charge in [-0.3, -0.25) is 0 Å². The molecule has 0 unspecified atom stereocenters. The van der Waals surface area contributed by atoms with Crippen molar-refractivity contribution in [1.82, 2.24) is 5.32 Å². The van der Waals surface area contributed by atoms with Gasteiger partial charge >= 0.3 is 18.0 Å². The van der Waals surface area contributed by atoms with Crippen molar-refractivity contribution in [1.29, 1.82) is 0 Å². The van der Waals surface area contributed by atoms with E-state index < -0.39 is 18.0 Å². The summed E-state index contributed by atoms with van der Waals surface area (Å²) in [6, 6.07) is 0. The van der Waals surface area contributed by atoms with Gasteiger partial charge in [0.1, 0.15) is 6.10 Å². The molecule has 1 amide bonds. The molecular formula is C17H27NO6. The number of carbonyl (C=O) groups excluding carboxylic acids is 3. The van der Waals surface area contributed by atoms with Crippen molar-refractivity contribution in [2.24, 2.45) is 0 Å². The Hall–Kier alpha value is -2.05. The highest BCUT2D eigenvalue weighted by atomic mass is 16.6. The van der Waals surface area contributed by atoms with E-state index in [1.165, 1.54) is 6.42 Å². The van der Waals surface area contributed by atoms with Crippen LogP contribution in [0.2, 0.25) is 0 Å². The molecule has 0 aromatic carbocycles. The summed E-state index contributed by atoms with van der Waals surface area (Å²) in [5.74, 6) is -1.21. The number of esters is 2. The third kappa shape index (κ3) is 9.86. The van der Waals surface area contributed by atoms with Crippen molar-refractivity contribution in [3.8, 4) is 0 Å². The fourth-order valence-electron chi connectivity index (χ4n) is 2.27. The third-order valence-corrected chi connectivity index (χ3v) is 3.37. The molecule has 136 valence electrons. The quantitative estimate of drug-likeness (QED) is 0.316. The zero-order valence-corrected chi connectivity index (χ0v) is 14.4. The number of nitrogens with one attached hydrogen (secondary N) is 1. The monoisotopic (exact) mass is 341 g/mol. The van der Waals surface area contributed by atoms with Gasteiger partial charge < -0.3 is 19.5 Å². The van der Waals surface area contributed by atoms with E-state index in [9.17, 15) is 14.4 Å². The van der Waals surface area contributed by atoms with Crippen molar-refractivity contribution in [2.45, 2.75) is 64.6 Å². The van der Waals surface area contributed by atoms with Crippen molar-refractivity contribution >= 4 is 18.0 Å². The number of carbonyl (C=O) groups is 3. The van der Waals surface area contributed by atoms with Crippen molar-refractivity contribution in [3.63, 3.8) is 0 Å². The van der Waals surface area contributed by atoms with Crippen molar-refractivity contribution in [2.75, 3.05) is 13.2 Å². The van der Waals surface area contributed by atoms with Crippen molar-refractivity contribution in [3.05, 3.63) is 12.2 Å².